The summed E-state index contributed by atoms with van der Waals surface area (Å²) >= 11 is 0. The van der Waals surface area contributed by atoms with Crippen LogP contribution in [0.5, 0.6) is 0 Å². The van der Waals surface area contributed by atoms with E-state index in [1.165, 1.54) is 0 Å². The van der Waals surface area contributed by atoms with E-state index in [-0.39, 0.29) is 23.1 Å². The third-order valence-corrected chi connectivity index (χ3v) is 4.60. The average molecular weight is 240 g/mol. The summed E-state index contributed by atoms with van der Waals surface area (Å²) in [5.41, 5.74) is -0.726. The fraction of sp³-hybridized carbons (Fsp3) is 0.929. The Kier molecular flexibility index (Phi) is 3.23. The molecule has 0 N–H and O–H groups in total. The maximum Gasteiger partial charge on any atom is 0.312 e. The Hall–Kier alpha value is -0.570. The molecule has 2 aliphatic rings. The van der Waals surface area contributed by atoms with Gasteiger partial charge in [-0.05, 0) is 39.5 Å². The minimum absolute atomic E-state index is 0.0713. The molecule has 2 bridgehead atoms. The Labute approximate surface area is 104 Å². The summed E-state index contributed by atoms with van der Waals surface area (Å²) in [6, 6.07) is 0. The molecular weight excluding hydrogens is 216 g/mol. The molecule has 2 rings (SSSR count). The van der Waals surface area contributed by atoms with Crippen LogP contribution < -0.4 is 0 Å². The van der Waals surface area contributed by atoms with Gasteiger partial charge < -0.3 is 9.47 Å². The molecule has 3 atom stereocenters. The predicted octanol–water partition coefficient (Wildman–Crippen LogP) is 3.07. The monoisotopic (exact) mass is 240 g/mol. The summed E-state index contributed by atoms with van der Waals surface area (Å²) in [6.45, 7) is 8.02. The smallest absolute Gasteiger partial charge is 0.312 e. The molecule has 0 amide bonds. The molecule has 0 aliphatic carbocycles. The van der Waals surface area contributed by atoms with Crippen LogP contribution in [0.3, 0.4) is 0 Å². The molecule has 0 aromatic rings. The lowest BCUT2D eigenvalue weighted by Crippen LogP contribution is -2.46. The van der Waals surface area contributed by atoms with E-state index in [1.807, 2.05) is 20.8 Å². The van der Waals surface area contributed by atoms with Crippen LogP contribution in [0.25, 0.3) is 0 Å². The summed E-state index contributed by atoms with van der Waals surface area (Å²) in [7, 11) is 0. The Morgan fingerprint density at radius 1 is 1.41 bits per heavy atom. The molecule has 2 heterocycles. The lowest BCUT2D eigenvalue weighted by Gasteiger charge is -2.36. The first-order valence-electron chi connectivity index (χ1n) is 6.82. The van der Waals surface area contributed by atoms with E-state index in [0.29, 0.717) is 6.10 Å². The van der Waals surface area contributed by atoms with Gasteiger partial charge in [0.1, 0.15) is 5.60 Å². The second-order valence-electron chi connectivity index (χ2n) is 6.07. The second-order valence-corrected chi connectivity index (χ2v) is 6.07. The quantitative estimate of drug-likeness (QED) is 0.708. The van der Waals surface area contributed by atoms with Gasteiger partial charge >= 0.3 is 5.97 Å². The zero-order valence-corrected chi connectivity index (χ0v) is 11.4. The summed E-state index contributed by atoms with van der Waals surface area (Å²) in [4.78, 5) is 12.2. The molecule has 3 heteroatoms. The summed E-state index contributed by atoms with van der Waals surface area (Å²) in [5, 5.41) is 0. The van der Waals surface area contributed by atoms with Crippen LogP contribution in [-0.4, -0.2) is 23.8 Å². The van der Waals surface area contributed by atoms with Crippen molar-refractivity contribution in [2.45, 2.75) is 77.6 Å². The zero-order valence-electron chi connectivity index (χ0n) is 11.4. The van der Waals surface area contributed by atoms with Crippen LogP contribution >= 0.6 is 0 Å². The molecule has 2 saturated heterocycles. The van der Waals surface area contributed by atoms with Gasteiger partial charge in [-0.3, -0.25) is 4.79 Å². The molecule has 0 radical (unpaired) electrons. The molecule has 98 valence electrons. The van der Waals surface area contributed by atoms with Gasteiger partial charge in [0.2, 0.25) is 0 Å². The van der Waals surface area contributed by atoms with Crippen molar-refractivity contribution in [3.63, 3.8) is 0 Å². The fourth-order valence-electron chi connectivity index (χ4n) is 2.78. The molecule has 0 spiro atoms. The van der Waals surface area contributed by atoms with E-state index in [0.717, 1.165) is 32.1 Å². The largest absolute Gasteiger partial charge is 0.456 e. The number of rotatable bonds is 4. The molecule has 3 nitrogen and oxygen atoms in total. The Bertz CT molecular complexity index is 311. The van der Waals surface area contributed by atoms with Gasteiger partial charge in [-0.25, -0.2) is 0 Å². The van der Waals surface area contributed by atoms with Crippen LogP contribution in [-0.2, 0) is 14.3 Å². The van der Waals surface area contributed by atoms with E-state index in [9.17, 15) is 4.79 Å². The van der Waals surface area contributed by atoms with Crippen LogP contribution in [0.1, 0.15) is 59.8 Å². The number of ether oxygens (including phenoxy) is 2. The maximum absolute atomic E-state index is 12.2. The van der Waals surface area contributed by atoms with E-state index in [2.05, 4.69) is 6.92 Å². The van der Waals surface area contributed by atoms with Crippen molar-refractivity contribution in [3.8, 4) is 0 Å². The van der Waals surface area contributed by atoms with Crippen LogP contribution in [0.2, 0.25) is 0 Å². The highest BCUT2D eigenvalue weighted by Gasteiger charge is 2.54. The molecule has 0 saturated carbocycles. The number of fused-ring (bicyclic) bond motifs is 2. The average Bonchev–Trinajstić information content (AvgIpc) is 2.89. The van der Waals surface area contributed by atoms with Gasteiger partial charge in [0.15, 0.2) is 0 Å². The van der Waals surface area contributed by atoms with Crippen LogP contribution in [0.4, 0.5) is 0 Å². The van der Waals surface area contributed by atoms with Gasteiger partial charge in [0, 0.05) is 6.42 Å². The van der Waals surface area contributed by atoms with Gasteiger partial charge in [-0.1, -0.05) is 13.8 Å². The SMILES string of the molecule is CCC(C)(C)C(=O)OC1(CC)CC2CCC1O2. The highest BCUT2D eigenvalue weighted by Crippen LogP contribution is 2.46. The highest BCUT2D eigenvalue weighted by atomic mass is 16.6. The number of carbonyl (C=O) groups excluding carboxylic acids is 1. The van der Waals surface area contributed by atoms with E-state index < -0.39 is 0 Å². The molecule has 2 aliphatic heterocycles. The molecule has 0 aromatic carbocycles. The number of hydrogen-bond donors (Lipinski definition) is 0. The predicted molar refractivity (Wildman–Crippen MR) is 65.7 cm³/mol. The maximum atomic E-state index is 12.2. The Morgan fingerprint density at radius 3 is 2.53 bits per heavy atom. The van der Waals surface area contributed by atoms with Gasteiger partial charge in [-0.2, -0.15) is 0 Å². The van der Waals surface area contributed by atoms with Crippen molar-refractivity contribution in [1.82, 2.24) is 0 Å². The van der Waals surface area contributed by atoms with E-state index >= 15 is 0 Å². The molecular formula is C14H24O3. The van der Waals surface area contributed by atoms with E-state index in [1.54, 1.807) is 0 Å². The normalized spacial score (nSPS) is 36.2. The van der Waals surface area contributed by atoms with Crippen molar-refractivity contribution in [2.75, 3.05) is 0 Å². The highest BCUT2D eigenvalue weighted by molar-refractivity contribution is 5.76. The van der Waals surface area contributed by atoms with Gasteiger partial charge in [0.25, 0.3) is 0 Å². The van der Waals surface area contributed by atoms with Crippen LogP contribution in [0.15, 0.2) is 0 Å². The molecule has 17 heavy (non-hydrogen) atoms. The van der Waals surface area contributed by atoms with E-state index in [4.69, 9.17) is 9.47 Å². The van der Waals surface area contributed by atoms with Gasteiger partial charge in [0.05, 0.1) is 17.6 Å². The Balaban J connectivity index is 2.09. The summed E-state index contributed by atoms with van der Waals surface area (Å²) in [6.07, 6.45) is 5.17. The van der Waals surface area contributed by atoms with Crippen molar-refractivity contribution < 1.29 is 14.3 Å². The standard InChI is InChI=1S/C14H24O3/c1-5-13(3,4)12(15)17-14(6-2)9-10-7-8-11(14)16-10/h10-11H,5-9H2,1-4H3. The zero-order chi connectivity index (χ0) is 12.7. The fourth-order valence-corrected chi connectivity index (χ4v) is 2.78. The minimum Gasteiger partial charge on any atom is -0.456 e. The van der Waals surface area contributed by atoms with Crippen molar-refractivity contribution in [1.29, 1.82) is 0 Å². The van der Waals surface area contributed by atoms with Crippen molar-refractivity contribution in [2.24, 2.45) is 5.41 Å². The molecule has 0 aromatic heterocycles. The first-order valence-corrected chi connectivity index (χ1v) is 6.82. The molecule has 3 unspecified atom stereocenters. The molecule has 2 fully saturated rings. The number of carbonyl (C=O) groups is 1. The topological polar surface area (TPSA) is 35.5 Å². The van der Waals surface area contributed by atoms with Crippen molar-refractivity contribution >= 4 is 5.97 Å². The third-order valence-electron chi connectivity index (χ3n) is 4.60. The first-order chi connectivity index (χ1) is 7.93. The summed E-state index contributed by atoms with van der Waals surface area (Å²) < 4.78 is 11.7. The second kappa shape index (κ2) is 4.27. The third kappa shape index (κ3) is 2.10. The lowest BCUT2D eigenvalue weighted by molar-refractivity contribution is -0.177. The first kappa shape index (κ1) is 12.9. The summed E-state index contributed by atoms with van der Waals surface area (Å²) in [5.74, 6) is -0.0713. The van der Waals surface area contributed by atoms with Gasteiger partial charge in [-0.15, -0.1) is 0 Å². The van der Waals surface area contributed by atoms with Crippen LogP contribution in [0, 0.1) is 5.41 Å². The number of hydrogen-bond acceptors (Lipinski definition) is 3. The lowest BCUT2D eigenvalue weighted by atomic mass is 9.82. The number of esters is 1. The van der Waals surface area contributed by atoms with Crippen molar-refractivity contribution in [3.05, 3.63) is 0 Å². The Morgan fingerprint density at radius 2 is 2.12 bits per heavy atom. The minimum atomic E-state index is -0.385.